The summed E-state index contributed by atoms with van der Waals surface area (Å²) in [5.74, 6) is 2.09. The van der Waals surface area contributed by atoms with Crippen molar-refractivity contribution in [2.75, 3.05) is 0 Å². The zero-order valence-corrected chi connectivity index (χ0v) is 13.2. The maximum atomic E-state index is 9.73. The molecule has 2 atom stereocenters. The predicted molar refractivity (Wildman–Crippen MR) is 82.8 cm³/mol. The van der Waals surface area contributed by atoms with Gasteiger partial charge in [-0.2, -0.15) is 5.26 Å². The fraction of sp³-hybridized carbons (Fsp3) is 0.765. The van der Waals surface area contributed by atoms with Gasteiger partial charge in [-0.15, -0.1) is 0 Å². The van der Waals surface area contributed by atoms with Crippen LogP contribution in [0.1, 0.15) is 64.1 Å². The zero-order chi connectivity index (χ0) is 14.9. The summed E-state index contributed by atoms with van der Waals surface area (Å²) in [5.41, 5.74) is -0.264. The van der Waals surface area contributed by atoms with Gasteiger partial charge in [0.2, 0.25) is 0 Å². The van der Waals surface area contributed by atoms with E-state index in [0.717, 1.165) is 25.2 Å². The standard InChI is InChI=1S/C17H26N4/c1-13(2)16-19-9-11-21(16)10-7-14-4-3-8-17(14,12-18)20-15-5-6-15/h9,11,13-15,20H,3-8,10H2,1-2H3. The largest absolute Gasteiger partial charge is 0.335 e. The SMILES string of the molecule is CC(C)c1nccn1CCC1CCCC1(C#N)NC1CC1. The van der Waals surface area contributed by atoms with Crippen molar-refractivity contribution in [2.45, 2.75) is 76.4 Å². The first-order valence-corrected chi connectivity index (χ1v) is 8.34. The van der Waals surface area contributed by atoms with E-state index < -0.39 is 0 Å². The lowest BCUT2D eigenvalue weighted by Crippen LogP contribution is -2.48. The molecule has 2 fully saturated rings. The molecule has 0 radical (unpaired) electrons. The van der Waals surface area contributed by atoms with Crippen molar-refractivity contribution < 1.29 is 0 Å². The molecule has 2 aliphatic carbocycles. The van der Waals surface area contributed by atoms with Crippen molar-refractivity contribution in [3.05, 3.63) is 18.2 Å². The Morgan fingerprint density at radius 1 is 1.48 bits per heavy atom. The third-order valence-corrected chi connectivity index (χ3v) is 5.04. The van der Waals surface area contributed by atoms with E-state index in [1.807, 2.05) is 6.20 Å². The number of nitrogens with one attached hydrogen (secondary N) is 1. The Kier molecular flexibility index (Phi) is 4.03. The van der Waals surface area contributed by atoms with Gasteiger partial charge >= 0.3 is 0 Å². The molecule has 1 aromatic heterocycles. The van der Waals surface area contributed by atoms with E-state index in [2.05, 4.69) is 41.0 Å². The van der Waals surface area contributed by atoms with Gasteiger partial charge in [-0.25, -0.2) is 4.98 Å². The molecule has 0 bridgehead atoms. The number of imidazole rings is 1. The van der Waals surface area contributed by atoms with Crippen LogP contribution in [-0.2, 0) is 6.54 Å². The van der Waals surface area contributed by atoms with Crippen LogP contribution < -0.4 is 5.32 Å². The molecule has 0 saturated heterocycles. The first-order chi connectivity index (χ1) is 10.1. The van der Waals surface area contributed by atoms with Gasteiger partial charge in [0.1, 0.15) is 11.4 Å². The molecule has 2 unspecified atom stereocenters. The normalized spacial score (nSPS) is 29.0. The van der Waals surface area contributed by atoms with Crippen LogP contribution in [-0.4, -0.2) is 21.1 Å². The van der Waals surface area contributed by atoms with Gasteiger partial charge in [0.25, 0.3) is 0 Å². The molecule has 2 aliphatic rings. The molecule has 0 spiro atoms. The molecule has 0 amide bonds. The number of aromatic nitrogens is 2. The summed E-state index contributed by atoms with van der Waals surface area (Å²) in [7, 11) is 0. The number of nitriles is 1. The lowest BCUT2D eigenvalue weighted by Gasteiger charge is -2.30. The smallest absolute Gasteiger partial charge is 0.111 e. The number of hydrogen-bond donors (Lipinski definition) is 1. The Hall–Kier alpha value is -1.34. The third-order valence-electron chi connectivity index (χ3n) is 5.04. The Morgan fingerprint density at radius 2 is 2.29 bits per heavy atom. The Morgan fingerprint density at radius 3 is 2.95 bits per heavy atom. The van der Waals surface area contributed by atoms with Gasteiger partial charge in [-0.3, -0.25) is 5.32 Å². The van der Waals surface area contributed by atoms with Gasteiger partial charge in [0, 0.05) is 30.9 Å². The van der Waals surface area contributed by atoms with E-state index in [-0.39, 0.29) is 5.54 Å². The van der Waals surface area contributed by atoms with Crippen LogP contribution in [0.2, 0.25) is 0 Å². The lowest BCUT2D eigenvalue weighted by atomic mass is 9.85. The van der Waals surface area contributed by atoms with Crippen LogP contribution >= 0.6 is 0 Å². The average molecular weight is 286 g/mol. The number of nitrogens with zero attached hydrogens (tertiary/aromatic N) is 3. The second-order valence-corrected chi connectivity index (χ2v) is 7.01. The zero-order valence-electron chi connectivity index (χ0n) is 13.2. The van der Waals surface area contributed by atoms with E-state index in [4.69, 9.17) is 0 Å². The van der Waals surface area contributed by atoms with Crippen LogP contribution in [0.15, 0.2) is 12.4 Å². The van der Waals surface area contributed by atoms with E-state index in [1.165, 1.54) is 25.7 Å². The highest BCUT2D eigenvalue weighted by molar-refractivity contribution is 5.16. The van der Waals surface area contributed by atoms with Crippen molar-refractivity contribution in [2.24, 2.45) is 5.92 Å². The predicted octanol–water partition coefficient (Wildman–Crippen LogP) is 3.21. The minimum absolute atomic E-state index is 0.264. The molecule has 1 heterocycles. The summed E-state index contributed by atoms with van der Waals surface area (Å²) in [5, 5.41) is 13.4. The summed E-state index contributed by atoms with van der Waals surface area (Å²) in [4.78, 5) is 4.46. The molecule has 2 saturated carbocycles. The van der Waals surface area contributed by atoms with Gasteiger partial charge in [0.05, 0.1) is 6.07 Å². The summed E-state index contributed by atoms with van der Waals surface area (Å²) in [6.07, 6.45) is 10.9. The van der Waals surface area contributed by atoms with E-state index >= 15 is 0 Å². The third kappa shape index (κ3) is 2.98. The molecule has 0 aliphatic heterocycles. The maximum absolute atomic E-state index is 9.73. The molecule has 21 heavy (non-hydrogen) atoms. The highest BCUT2D eigenvalue weighted by atomic mass is 15.1. The molecule has 114 valence electrons. The minimum Gasteiger partial charge on any atom is -0.335 e. The van der Waals surface area contributed by atoms with Gasteiger partial charge < -0.3 is 4.57 Å². The highest BCUT2D eigenvalue weighted by Gasteiger charge is 2.45. The van der Waals surface area contributed by atoms with Crippen molar-refractivity contribution in [1.82, 2.24) is 14.9 Å². The first kappa shape index (κ1) is 14.6. The summed E-state index contributed by atoms with van der Waals surface area (Å²) in [6.45, 7) is 5.35. The summed E-state index contributed by atoms with van der Waals surface area (Å²) >= 11 is 0. The lowest BCUT2D eigenvalue weighted by molar-refractivity contribution is 0.286. The minimum atomic E-state index is -0.264. The van der Waals surface area contributed by atoms with Crippen LogP contribution in [0.5, 0.6) is 0 Å². The van der Waals surface area contributed by atoms with Crippen LogP contribution in [0.4, 0.5) is 0 Å². The molecular formula is C17H26N4. The maximum Gasteiger partial charge on any atom is 0.111 e. The average Bonchev–Trinajstić information content (AvgIpc) is 3.01. The van der Waals surface area contributed by atoms with Gasteiger partial charge in [-0.1, -0.05) is 20.3 Å². The summed E-state index contributed by atoms with van der Waals surface area (Å²) < 4.78 is 2.27. The Labute approximate surface area is 127 Å². The topological polar surface area (TPSA) is 53.6 Å². The van der Waals surface area contributed by atoms with Crippen LogP contribution in [0.3, 0.4) is 0 Å². The van der Waals surface area contributed by atoms with E-state index in [1.54, 1.807) is 0 Å². The molecule has 4 heteroatoms. The molecule has 0 aromatic carbocycles. The van der Waals surface area contributed by atoms with E-state index in [0.29, 0.717) is 17.9 Å². The van der Waals surface area contributed by atoms with E-state index in [9.17, 15) is 5.26 Å². The quantitative estimate of drug-likeness (QED) is 0.873. The van der Waals surface area contributed by atoms with Crippen molar-refractivity contribution >= 4 is 0 Å². The summed E-state index contributed by atoms with van der Waals surface area (Å²) in [6, 6.07) is 3.23. The number of aryl methyl sites for hydroxylation is 1. The fourth-order valence-corrected chi connectivity index (χ4v) is 3.74. The highest BCUT2D eigenvalue weighted by Crippen LogP contribution is 2.40. The number of hydrogen-bond acceptors (Lipinski definition) is 3. The van der Waals surface area contributed by atoms with Gasteiger partial charge in [0.15, 0.2) is 0 Å². The first-order valence-electron chi connectivity index (χ1n) is 8.34. The van der Waals surface area contributed by atoms with Gasteiger partial charge in [-0.05, 0) is 38.0 Å². The molecule has 1 N–H and O–H groups in total. The van der Waals surface area contributed by atoms with Crippen molar-refractivity contribution in [3.8, 4) is 6.07 Å². The molecule has 3 rings (SSSR count). The number of rotatable bonds is 6. The second-order valence-electron chi connectivity index (χ2n) is 7.01. The van der Waals surface area contributed by atoms with Crippen LogP contribution in [0, 0.1) is 17.2 Å². The monoisotopic (exact) mass is 286 g/mol. The fourth-order valence-electron chi connectivity index (χ4n) is 3.74. The molecule has 1 aromatic rings. The molecule has 4 nitrogen and oxygen atoms in total. The Balaban J connectivity index is 1.66. The van der Waals surface area contributed by atoms with Crippen molar-refractivity contribution in [3.63, 3.8) is 0 Å². The van der Waals surface area contributed by atoms with Crippen LogP contribution in [0.25, 0.3) is 0 Å². The Bertz CT molecular complexity index is 523. The van der Waals surface area contributed by atoms with Crippen molar-refractivity contribution in [1.29, 1.82) is 5.26 Å². The molecular weight excluding hydrogens is 260 g/mol. The second kappa shape index (κ2) is 5.81.